The van der Waals surface area contributed by atoms with Gasteiger partial charge in [0, 0.05) is 13.3 Å². The zero-order valence-corrected chi connectivity index (χ0v) is 7.39. The van der Waals surface area contributed by atoms with Crippen molar-refractivity contribution in [3.8, 4) is 0 Å². The minimum absolute atomic E-state index is 0.335. The van der Waals surface area contributed by atoms with Gasteiger partial charge in [0.1, 0.15) is 6.10 Å². The Morgan fingerprint density at radius 2 is 2.55 bits per heavy atom. The molecule has 0 saturated carbocycles. The van der Waals surface area contributed by atoms with Crippen LogP contribution < -0.4 is 0 Å². The quantitative estimate of drug-likeness (QED) is 0.745. The van der Waals surface area contributed by atoms with Crippen LogP contribution in [0.4, 0.5) is 0 Å². The molecule has 4 heteroatoms. The lowest BCUT2D eigenvalue weighted by atomic mass is 10.3. The van der Waals surface area contributed by atoms with Crippen LogP contribution in [0.15, 0.2) is 6.20 Å². The molecule has 0 aliphatic carbocycles. The van der Waals surface area contributed by atoms with E-state index in [2.05, 4.69) is 4.98 Å². The lowest BCUT2D eigenvalue weighted by Crippen LogP contribution is -2.02. The Kier molecular flexibility index (Phi) is 2.99. The van der Waals surface area contributed by atoms with E-state index in [1.54, 1.807) is 13.3 Å². The molecular formula is C7H11NO2S. The molecule has 1 N–H and O–H groups in total. The van der Waals surface area contributed by atoms with Crippen molar-refractivity contribution < 1.29 is 9.84 Å². The Bertz CT molecular complexity index is 224. The molecule has 3 nitrogen and oxygen atoms in total. The van der Waals surface area contributed by atoms with E-state index < -0.39 is 6.10 Å². The van der Waals surface area contributed by atoms with Crippen molar-refractivity contribution >= 4 is 11.3 Å². The van der Waals surface area contributed by atoms with Crippen LogP contribution in [0.2, 0.25) is 0 Å². The highest BCUT2D eigenvalue weighted by atomic mass is 32.1. The van der Waals surface area contributed by atoms with Gasteiger partial charge in [-0.3, -0.25) is 0 Å². The maximum atomic E-state index is 9.38. The predicted molar refractivity (Wildman–Crippen MR) is 43.7 cm³/mol. The lowest BCUT2D eigenvalue weighted by molar-refractivity contribution is 0.0665. The van der Waals surface area contributed by atoms with E-state index in [9.17, 15) is 5.11 Å². The maximum absolute atomic E-state index is 9.38. The Morgan fingerprint density at radius 1 is 1.82 bits per heavy atom. The fourth-order valence-corrected chi connectivity index (χ4v) is 1.53. The third-order valence-electron chi connectivity index (χ3n) is 1.29. The fraction of sp³-hybridized carbons (Fsp3) is 0.571. The Labute approximate surface area is 69.7 Å². The summed E-state index contributed by atoms with van der Waals surface area (Å²) in [6.07, 6.45) is 1.16. The standard InChI is InChI=1S/C7H11NO2S/c1-5-8-3-7(11-5)6(9)4-10-2/h3,6,9H,4H2,1-2H3. The molecule has 0 saturated heterocycles. The molecule has 1 atom stereocenters. The van der Waals surface area contributed by atoms with Crippen LogP contribution >= 0.6 is 11.3 Å². The van der Waals surface area contributed by atoms with Crippen LogP contribution in [0.1, 0.15) is 16.0 Å². The summed E-state index contributed by atoms with van der Waals surface area (Å²) in [4.78, 5) is 4.89. The molecule has 1 heterocycles. The van der Waals surface area contributed by atoms with E-state index in [0.29, 0.717) is 6.61 Å². The average molecular weight is 173 g/mol. The molecule has 0 amide bonds. The molecular weight excluding hydrogens is 162 g/mol. The summed E-state index contributed by atoms with van der Waals surface area (Å²) < 4.78 is 4.80. The van der Waals surface area contributed by atoms with Crippen molar-refractivity contribution in [2.45, 2.75) is 13.0 Å². The molecule has 1 rings (SSSR count). The molecule has 1 aromatic heterocycles. The van der Waals surface area contributed by atoms with Crippen LogP contribution in [0.5, 0.6) is 0 Å². The minimum Gasteiger partial charge on any atom is -0.385 e. The largest absolute Gasteiger partial charge is 0.385 e. The molecule has 0 fully saturated rings. The summed E-state index contributed by atoms with van der Waals surface area (Å²) in [5.74, 6) is 0. The molecule has 1 aromatic rings. The second-order valence-electron chi connectivity index (χ2n) is 2.25. The van der Waals surface area contributed by atoms with Crippen LogP contribution in [0, 0.1) is 6.92 Å². The maximum Gasteiger partial charge on any atom is 0.113 e. The second-order valence-corrected chi connectivity index (χ2v) is 3.52. The van der Waals surface area contributed by atoms with E-state index in [1.165, 1.54) is 11.3 Å². The van der Waals surface area contributed by atoms with Gasteiger partial charge >= 0.3 is 0 Å². The number of hydrogen-bond donors (Lipinski definition) is 1. The molecule has 62 valence electrons. The van der Waals surface area contributed by atoms with Crippen molar-refractivity contribution in [2.75, 3.05) is 13.7 Å². The minimum atomic E-state index is -0.522. The lowest BCUT2D eigenvalue weighted by Gasteiger charge is -2.04. The number of nitrogens with zero attached hydrogens (tertiary/aromatic N) is 1. The van der Waals surface area contributed by atoms with Gasteiger partial charge in [-0.25, -0.2) is 4.98 Å². The highest BCUT2D eigenvalue weighted by Gasteiger charge is 2.08. The third kappa shape index (κ3) is 2.25. The van der Waals surface area contributed by atoms with Gasteiger partial charge in [-0.05, 0) is 6.92 Å². The number of methoxy groups -OCH3 is 1. The number of aryl methyl sites for hydroxylation is 1. The zero-order valence-electron chi connectivity index (χ0n) is 6.57. The predicted octanol–water partition coefficient (Wildman–Crippen LogP) is 1.13. The summed E-state index contributed by atoms with van der Waals surface area (Å²) >= 11 is 1.49. The monoisotopic (exact) mass is 173 g/mol. The number of ether oxygens (including phenoxy) is 1. The normalized spacial score (nSPS) is 13.4. The van der Waals surface area contributed by atoms with Crippen molar-refractivity contribution in [3.63, 3.8) is 0 Å². The van der Waals surface area contributed by atoms with Gasteiger partial charge in [-0.15, -0.1) is 11.3 Å². The molecule has 0 spiro atoms. The number of thiazole rings is 1. The molecule has 11 heavy (non-hydrogen) atoms. The fourth-order valence-electron chi connectivity index (χ4n) is 0.772. The van der Waals surface area contributed by atoms with Crippen LogP contribution in [-0.2, 0) is 4.74 Å². The average Bonchev–Trinajstić information content (AvgIpc) is 2.36. The summed E-state index contributed by atoms with van der Waals surface area (Å²) in [5.41, 5.74) is 0. The highest BCUT2D eigenvalue weighted by Crippen LogP contribution is 2.19. The summed E-state index contributed by atoms with van der Waals surface area (Å²) in [6.45, 7) is 2.25. The Morgan fingerprint density at radius 3 is 3.00 bits per heavy atom. The summed E-state index contributed by atoms with van der Waals surface area (Å²) in [5, 5.41) is 10.3. The van der Waals surface area contributed by atoms with Crippen LogP contribution in [0.3, 0.4) is 0 Å². The SMILES string of the molecule is COCC(O)c1cnc(C)s1. The Hall–Kier alpha value is -0.450. The Balaban J connectivity index is 2.60. The van der Waals surface area contributed by atoms with E-state index in [-0.39, 0.29) is 0 Å². The van der Waals surface area contributed by atoms with Crippen LogP contribution in [0.25, 0.3) is 0 Å². The topological polar surface area (TPSA) is 42.4 Å². The van der Waals surface area contributed by atoms with Crippen molar-refractivity contribution in [1.29, 1.82) is 0 Å². The first-order chi connectivity index (χ1) is 5.24. The molecule has 0 aliphatic heterocycles. The van der Waals surface area contributed by atoms with E-state index in [4.69, 9.17) is 4.74 Å². The number of aliphatic hydroxyl groups excluding tert-OH is 1. The number of hydrogen-bond acceptors (Lipinski definition) is 4. The number of aliphatic hydroxyl groups is 1. The second kappa shape index (κ2) is 3.80. The third-order valence-corrected chi connectivity index (χ3v) is 2.31. The van der Waals surface area contributed by atoms with Gasteiger partial charge in [0.25, 0.3) is 0 Å². The first kappa shape index (κ1) is 8.64. The van der Waals surface area contributed by atoms with Gasteiger partial charge in [0.15, 0.2) is 0 Å². The van der Waals surface area contributed by atoms with Gasteiger partial charge in [-0.2, -0.15) is 0 Å². The van der Waals surface area contributed by atoms with Crippen molar-refractivity contribution in [2.24, 2.45) is 0 Å². The molecule has 0 aliphatic rings. The van der Waals surface area contributed by atoms with E-state index in [0.717, 1.165) is 9.88 Å². The molecule has 0 aromatic carbocycles. The molecule has 0 bridgehead atoms. The molecule has 0 radical (unpaired) electrons. The van der Waals surface area contributed by atoms with Gasteiger partial charge in [0.05, 0.1) is 16.5 Å². The number of aromatic nitrogens is 1. The first-order valence-corrected chi connectivity index (χ1v) is 4.15. The van der Waals surface area contributed by atoms with Gasteiger partial charge in [0.2, 0.25) is 0 Å². The van der Waals surface area contributed by atoms with Gasteiger partial charge < -0.3 is 9.84 Å². The van der Waals surface area contributed by atoms with Crippen molar-refractivity contribution in [3.05, 3.63) is 16.1 Å². The molecule has 1 unspecified atom stereocenters. The zero-order chi connectivity index (χ0) is 8.27. The summed E-state index contributed by atoms with van der Waals surface area (Å²) in [7, 11) is 1.57. The smallest absolute Gasteiger partial charge is 0.113 e. The first-order valence-electron chi connectivity index (χ1n) is 3.33. The van der Waals surface area contributed by atoms with Crippen molar-refractivity contribution in [1.82, 2.24) is 4.98 Å². The van der Waals surface area contributed by atoms with E-state index >= 15 is 0 Å². The summed E-state index contributed by atoms with van der Waals surface area (Å²) in [6, 6.07) is 0. The van der Waals surface area contributed by atoms with E-state index in [1.807, 2.05) is 6.92 Å². The van der Waals surface area contributed by atoms with Crippen LogP contribution in [-0.4, -0.2) is 23.8 Å². The highest BCUT2D eigenvalue weighted by molar-refractivity contribution is 7.11. The number of rotatable bonds is 3. The van der Waals surface area contributed by atoms with Gasteiger partial charge in [-0.1, -0.05) is 0 Å².